The van der Waals surface area contributed by atoms with E-state index in [1.165, 1.54) is 18.2 Å². The van der Waals surface area contributed by atoms with E-state index in [1.54, 1.807) is 0 Å². The molecule has 3 N–H and O–H groups in total. The van der Waals surface area contributed by atoms with Crippen LogP contribution in [-0.2, 0) is 11.3 Å². The molecule has 0 heterocycles. The fourth-order valence-corrected chi connectivity index (χ4v) is 2.88. The quantitative estimate of drug-likeness (QED) is 0.871. The minimum atomic E-state index is -2.92. The summed E-state index contributed by atoms with van der Waals surface area (Å²) < 4.78 is 29.2. The van der Waals surface area contributed by atoms with E-state index in [1.807, 2.05) is 0 Å². The normalized spacial score (nSPS) is 21.7. The molecule has 7 heteroatoms. The van der Waals surface area contributed by atoms with Gasteiger partial charge >= 0.3 is 6.61 Å². The van der Waals surface area contributed by atoms with Gasteiger partial charge in [0.1, 0.15) is 5.75 Å². The molecule has 1 fully saturated rings. The van der Waals surface area contributed by atoms with Crippen molar-refractivity contribution in [2.45, 2.75) is 44.9 Å². The molecule has 1 amide bonds. The van der Waals surface area contributed by atoms with Gasteiger partial charge < -0.3 is 15.8 Å². The minimum Gasteiger partial charge on any atom is -0.434 e. The van der Waals surface area contributed by atoms with Crippen LogP contribution in [0.2, 0.25) is 5.02 Å². The van der Waals surface area contributed by atoms with Crippen molar-refractivity contribution in [1.82, 2.24) is 5.32 Å². The summed E-state index contributed by atoms with van der Waals surface area (Å²) in [6, 6.07) is 4.39. The lowest BCUT2D eigenvalue weighted by Crippen LogP contribution is -2.37. The van der Waals surface area contributed by atoms with E-state index in [9.17, 15) is 13.6 Å². The Morgan fingerprint density at radius 2 is 2.23 bits per heavy atom. The molecule has 1 aromatic carbocycles. The third-order valence-corrected chi connectivity index (χ3v) is 4.01. The summed E-state index contributed by atoms with van der Waals surface area (Å²) >= 11 is 5.86. The second kappa shape index (κ2) is 7.74. The number of carbonyl (C=O) groups excluding carboxylic acids is 1. The Labute approximate surface area is 133 Å². The molecular formula is C15H19ClF2N2O2. The van der Waals surface area contributed by atoms with Crippen molar-refractivity contribution in [3.63, 3.8) is 0 Å². The average molecular weight is 333 g/mol. The zero-order chi connectivity index (χ0) is 16.1. The van der Waals surface area contributed by atoms with Crippen molar-refractivity contribution in [3.8, 4) is 5.75 Å². The highest BCUT2D eigenvalue weighted by Crippen LogP contribution is 2.26. The van der Waals surface area contributed by atoms with Crippen LogP contribution in [0.3, 0.4) is 0 Å². The molecule has 0 bridgehead atoms. The molecule has 1 aliphatic rings. The lowest BCUT2D eigenvalue weighted by atomic mass is 9.85. The maximum atomic E-state index is 12.4. The molecule has 1 aliphatic carbocycles. The lowest BCUT2D eigenvalue weighted by Gasteiger charge is -2.25. The number of nitrogens with one attached hydrogen (secondary N) is 1. The molecular weight excluding hydrogens is 314 g/mol. The highest BCUT2D eigenvalue weighted by Gasteiger charge is 2.25. The van der Waals surface area contributed by atoms with Crippen LogP contribution in [0, 0.1) is 5.92 Å². The van der Waals surface area contributed by atoms with Gasteiger partial charge in [0.05, 0.1) is 0 Å². The number of halogens is 3. The maximum absolute atomic E-state index is 12.4. The fourth-order valence-electron chi connectivity index (χ4n) is 2.69. The first-order valence-electron chi connectivity index (χ1n) is 7.22. The van der Waals surface area contributed by atoms with Crippen molar-refractivity contribution in [2.75, 3.05) is 0 Å². The van der Waals surface area contributed by atoms with Gasteiger partial charge in [0, 0.05) is 29.1 Å². The molecule has 0 aromatic heterocycles. The summed E-state index contributed by atoms with van der Waals surface area (Å²) in [5, 5.41) is 3.15. The van der Waals surface area contributed by atoms with Crippen LogP contribution < -0.4 is 15.8 Å². The summed E-state index contributed by atoms with van der Waals surface area (Å²) in [5.41, 5.74) is 6.29. The summed E-state index contributed by atoms with van der Waals surface area (Å²) in [7, 11) is 0. The Morgan fingerprint density at radius 1 is 1.45 bits per heavy atom. The first-order valence-corrected chi connectivity index (χ1v) is 7.60. The van der Waals surface area contributed by atoms with Gasteiger partial charge in [-0.05, 0) is 37.5 Å². The van der Waals surface area contributed by atoms with Crippen molar-refractivity contribution in [1.29, 1.82) is 0 Å². The van der Waals surface area contributed by atoms with Crippen LogP contribution in [0.1, 0.15) is 31.2 Å². The Bertz CT molecular complexity index is 528. The zero-order valence-electron chi connectivity index (χ0n) is 12.0. The molecule has 0 radical (unpaired) electrons. The number of hydrogen-bond acceptors (Lipinski definition) is 3. The van der Waals surface area contributed by atoms with Gasteiger partial charge in [-0.15, -0.1) is 0 Å². The molecule has 0 spiro atoms. The second-order valence-electron chi connectivity index (χ2n) is 5.47. The Kier molecular flexibility index (Phi) is 5.97. The Balaban J connectivity index is 1.98. The first kappa shape index (κ1) is 17.0. The molecule has 1 saturated carbocycles. The molecule has 4 nitrogen and oxygen atoms in total. The monoisotopic (exact) mass is 332 g/mol. The zero-order valence-corrected chi connectivity index (χ0v) is 12.8. The third kappa shape index (κ3) is 4.81. The Morgan fingerprint density at radius 3 is 2.91 bits per heavy atom. The van der Waals surface area contributed by atoms with Crippen LogP contribution in [0.4, 0.5) is 8.78 Å². The number of ether oxygens (including phenoxy) is 1. The van der Waals surface area contributed by atoms with E-state index in [-0.39, 0.29) is 30.2 Å². The number of rotatable bonds is 5. The number of nitrogens with two attached hydrogens (primary N) is 1. The number of amides is 1. The van der Waals surface area contributed by atoms with Gasteiger partial charge in [0.15, 0.2) is 0 Å². The van der Waals surface area contributed by atoms with Crippen LogP contribution in [-0.4, -0.2) is 18.6 Å². The highest BCUT2D eigenvalue weighted by atomic mass is 35.5. The number of carbonyl (C=O) groups is 1. The molecule has 2 atom stereocenters. The molecule has 122 valence electrons. The number of hydrogen-bond donors (Lipinski definition) is 2. The number of alkyl halides is 2. The van der Waals surface area contributed by atoms with Crippen LogP contribution in [0.5, 0.6) is 5.75 Å². The van der Waals surface area contributed by atoms with Crippen LogP contribution in [0.25, 0.3) is 0 Å². The van der Waals surface area contributed by atoms with Gasteiger partial charge in [-0.25, -0.2) is 0 Å². The third-order valence-electron chi connectivity index (χ3n) is 3.78. The van der Waals surface area contributed by atoms with Crippen molar-refractivity contribution in [2.24, 2.45) is 11.7 Å². The van der Waals surface area contributed by atoms with E-state index in [4.69, 9.17) is 17.3 Å². The van der Waals surface area contributed by atoms with Crippen molar-refractivity contribution >= 4 is 17.5 Å². The van der Waals surface area contributed by atoms with Crippen LogP contribution in [0.15, 0.2) is 18.2 Å². The first-order chi connectivity index (χ1) is 10.5. The summed E-state index contributed by atoms with van der Waals surface area (Å²) in [4.78, 5) is 12.1. The molecule has 2 rings (SSSR count). The summed E-state index contributed by atoms with van der Waals surface area (Å²) in [6.07, 6.45) is 3.32. The second-order valence-corrected chi connectivity index (χ2v) is 5.91. The van der Waals surface area contributed by atoms with Crippen LogP contribution >= 0.6 is 11.6 Å². The van der Waals surface area contributed by atoms with E-state index in [0.29, 0.717) is 17.0 Å². The van der Waals surface area contributed by atoms with E-state index < -0.39 is 6.61 Å². The highest BCUT2D eigenvalue weighted by molar-refractivity contribution is 6.30. The van der Waals surface area contributed by atoms with E-state index in [0.717, 1.165) is 19.3 Å². The van der Waals surface area contributed by atoms with Gasteiger partial charge in [-0.3, -0.25) is 4.79 Å². The maximum Gasteiger partial charge on any atom is 0.387 e. The molecule has 1 aromatic rings. The SMILES string of the molecule is NC1CCCC(C(=O)NCc2cc(Cl)ccc2OC(F)F)C1. The predicted octanol–water partition coefficient (Wildman–Crippen LogP) is 3.08. The van der Waals surface area contributed by atoms with Crippen molar-refractivity contribution in [3.05, 3.63) is 28.8 Å². The van der Waals surface area contributed by atoms with Gasteiger partial charge in [-0.2, -0.15) is 8.78 Å². The smallest absolute Gasteiger partial charge is 0.387 e. The van der Waals surface area contributed by atoms with Gasteiger partial charge in [0.2, 0.25) is 5.91 Å². The molecule has 0 aliphatic heterocycles. The number of benzene rings is 1. The summed E-state index contributed by atoms with van der Waals surface area (Å²) in [5.74, 6) is -0.222. The largest absolute Gasteiger partial charge is 0.434 e. The predicted molar refractivity (Wildman–Crippen MR) is 79.9 cm³/mol. The van der Waals surface area contributed by atoms with Gasteiger partial charge in [0.25, 0.3) is 0 Å². The molecule has 2 unspecified atom stereocenters. The standard InChI is InChI=1S/C15H19ClF2N2O2/c16-11-4-5-13(22-15(17)18)10(6-11)8-20-14(21)9-2-1-3-12(19)7-9/h4-6,9,12,15H,1-3,7-8,19H2,(H,20,21). The Hall–Kier alpha value is -1.40. The average Bonchev–Trinajstić information content (AvgIpc) is 2.46. The molecule has 0 saturated heterocycles. The lowest BCUT2D eigenvalue weighted by molar-refractivity contribution is -0.126. The molecule has 22 heavy (non-hydrogen) atoms. The van der Waals surface area contributed by atoms with Gasteiger partial charge in [-0.1, -0.05) is 18.0 Å². The topological polar surface area (TPSA) is 64.4 Å². The van der Waals surface area contributed by atoms with Crippen molar-refractivity contribution < 1.29 is 18.3 Å². The fraction of sp³-hybridized carbons (Fsp3) is 0.533. The summed E-state index contributed by atoms with van der Waals surface area (Å²) in [6.45, 7) is -2.83. The minimum absolute atomic E-state index is 0.0139. The van der Waals surface area contributed by atoms with E-state index in [2.05, 4.69) is 10.1 Å². The van der Waals surface area contributed by atoms with E-state index >= 15 is 0 Å².